The van der Waals surface area contributed by atoms with Crippen molar-refractivity contribution in [3.05, 3.63) is 46.5 Å². The van der Waals surface area contributed by atoms with Crippen LogP contribution >= 0.6 is 11.3 Å². The number of amides is 1. The Morgan fingerprint density at radius 2 is 2.16 bits per heavy atom. The van der Waals surface area contributed by atoms with Crippen LogP contribution in [-0.4, -0.2) is 41.0 Å². The third-order valence-corrected chi connectivity index (χ3v) is 6.30. The Bertz CT molecular complexity index is 893. The van der Waals surface area contributed by atoms with Crippen LogP contribution in [-0.2, 0) is 5.41 Å². The number of likely N-dealkylation sites (tertiary alicyclic amines) is 1. The van der Waals surface area contributed by atoms with Gasteiger partial charge in [0.1, 0.15) is 5.75 Å². The lowest BCUT2D eigenvalue weighted by molar-refractivity contribution is 0.0678. The van der Waals surface area contributed by atoms with Gasteiger partial charge in [0.25, 0.3) is 5.91 Å². The molecule has 0 spiro atoms. The predicted octanol–water partition coefficient (Wildman–Crippen LogP) is 3.83. The Kier molecular flexibility index (Phi) is 4.00. The van der Waals surface area contributed by atoms with Crippen LogP contribution in [0.15, 0.2) is 36.0 Å². The van der Waals surface area contributed by atoms with Gasteiger partial charge in [0.2, 0.25) is 0 Å². The van der Waals surface area contributed by atoms with Gasteiger partial charge in [0, 0.05) is 47.2 Å². The van der Waals surface area contributed by atoms with E-state index in [4.69, 9.17) is 4.74 Å². The van der Waals surface area contributed by atoms with Crippen molar-refractivity contribution in [3.63, 3.8) is 0 Å². The van der Waals surface area contributed by atoms with Crippen molar-refractivity contribution in [2.45, 2.75) is 25.2 Å². The zero-order valence-electron chi connectivity index (χ0n) is 14.4. The number of thiazole rings is 1. The maximum atomic E-state index is 13.0. The van der Waals surface area contributed by atoms with E-state index >= 15 is 0 Å². The quantitative estimate of drug-likeness (QED) is 0.777. The first-order chi connectivity index (χ1) is 12.1. The van der Waals surface area contributed by atoms with Crippen molar-refractivity contribution in [1.29, 1.82) is 0 Å². The molecule has 3 aromatic rings. The van der Waals surface area contributed by atoms with Gasteiger partial charge in [0.05, 0.1) is 17.7 Å². The number of aromatic nitrogens is 2. The Morgan fingerprint density at radius 3 is 2.84 bits per heavy atom. The molecule has 0 unspecified atom stereocenters. The number of piperidine rings is 1. The van der Waals surface area contributed by atoms with E-state index in [1.807, 2.05) is 34.7 Å². The van der Waals surface area contributed by atoms with Crippen molar-refractivity contribution in [1.82, 2.24) is 14.9 Å². The molecule has 1 amide bonds. The summed E-state index contributed by atoms with van der Waals surface area (Å²) in [5.74, 6) is 0.844. The van der Waals surface area contributed by atoms with Crippen LogP contribution in [0, 0.1) is 0 Å². The molecule has 0 radical (unpaired) electrons. The predicted molar refractivity (Wildman–Crippen MR) is 99.5 cm³/mol. The van der Waals surface area contributed by atoms with Gasteiger partial charge < -0.3 is 14.6 Å². The standard InChI is InChI=1S/C19H21N3O2S/c1-19(18-20-7-10-25-18)5-8-22(9-6-19)17(23)15-12-21-16-4-3-13(24-2)11-14(15)16/h3-4,7,10-12,21H,5-6,8-9H2,1-2H3. The van der Waals surface area contributed by atoms with E-state index in [0.717, 1.165) is 42.6 Å². The van der Waals surface area contributed by atoms with Gasteiger partial charge in [-0.1, -0.05) is 6.92 Å². The minimum atomic E-state index is 0.0778. The smallest absolute Gasteiger partial charge is 0.256 e. The molecule has 1 N–H and O–H groups in total. The molecule has 4 rings (SSSR count). The highest BCUT2D eigenvalue weighted by molar-refractivity contribution is 7.09. The van der Waals surface area contributed by atoms with E-state index in [2.05, 4.69) is 16.9 Å². The number of hydrogen-bond acceptors (Lipinski definition) is 4. The summed E-state index contributed by atoms with van der Waals surface area (Å²) < 4.78 is 5.30. The molecular formula is C19H21N3O2S. The molecule has 2 aromatic heterocycles. The first-order valence-electron chi connectivity index (χ1n) is 8.45. The maximum absolute atomic E-state index is 13.0. The molecule has 5 nitrogen and oxygen atoms in total. The number of ether oxygens (including phenoxy) is 1. The number of benzene rings is 1. The number of carbonyl (C=O) groups excluding carboxylic acids is 1. The Labute approximate surface area is 150 Å². The van der Waals surface area contributed by atoms with Crippen LogP contribution < -0.4 is 4.74 Å². The van der Waals surface area contributed by atoms with Crippen LogP contribution in [0.25, 0.3) is 10.9 Å². The van der Waals surface area contributed by atoms with Gasteiger partial charge in [-0.25, -0.2) is 4.98 Å². The monoisotopic (exact) mass is 355 g/mol. The van der Waals surface area contributed by atoms with Crippen LogP contribution in [0.1, 0.15) is 35.1 Å². The maximum Gasteiger partial charge on any atom is 0.256 e. The lowest BCUT2D eigenvalue weighted by Crippen LogP contribution is -2.43. The molecule has 6 heteroatoms. The van der Waals surface area contributed by atoms with Crippen LogP contribution in [0.2, 0.25) is 0 Å². The van der Waals surface area contributed by atoms with Gasteiger partial charge in [-0.2, -0.15) is 0 Å². The average molecular weight is 355 g/mol. The number of aromatic amines is 1. The second-order valence-corrected chi connectivity index (χ2v) is 7.70. The van der Waals surface area contributed by atoms with Crippen molar-refractivity contribution in [2.75, 3.05) is 20.2 Å². The topological polar surface area (TPSA) is 58.2 Å². The third-order valence-electron chi connectivity index (χ3n) is 5.22. The molecule has 1 saturated heterocycles. The molecule has 3 heterocycles. The second-order valence-electron chi connectivity index (χ2n) is 6.80. The highest BCUT2D eigenvalue weighted by Crippen LogP contribution is 2.36. The summed E-state index contributed by atoms with van der Waals surface area (Å²) in [6, 6.07) is 5.76. The minimum absolute atomic E-state index is 0.0778. The first-order valence-corrected chi connectivity index (χ1v) is 9.33. The van der Waals surface area contributed by atoms with Crippen molar-refractivity contribution in [3.8, 4) is 5.75 Å². The number of H-pyrrole nitrogens is 1. The van der Waals surface area contributed by atoms with Crippen molar-refractivity contribution in [2.24, 2.45) is 0 Å². The number of hydrogen-bond donors (Lipinski definition) is 1. The summed E-state index contributed by atoms with van der Waals surface area (Å²) in [5, 5.41) is 4.12. The number of nitrogens with zero attached hydrogens (tertiary/aromatic N) is 2. The summed E-state index contributed by atoms with van der Waals surface area (Å²) in [6.07, 6.45) is 5.55. The SMILES string of the molecule is COc1ccc2[nH]cc(C(=O)N3CCC(C)(c4nccs4)CC3)c2c1. The molecule has 1 fully saturated rings. The largest absolute Gasteiger partial charge is 0.497 e. The van der Waals surface area contributed by atoms with Crippen LogP contribution in [0.3, 0.4) is 0 Å². The highest BCUT2D eigenvalue weighted by atomic mass is 32.1. The summed E-state index contributed by atoms with van der Waals surface area (Å²) in [6.45, 7) is 3.77. The highest BCUT2D eigenvalue weighted by Gasteiger charge is 2.35. The molecule has 0 aliphatic carbocycles. The summed E-state index contributed by atoms with van der Waals surface area (Å²) >= 11 is 1.71. The minimum Gasteiger partial charge on any atom is -0.497 e. The van der Waals surface area contributed by atoms with Gasteiger partial charge in [-0.05, 0) is 31.0 Å². The number of carbonyl (C=O) groups is 1. The van der Waals surface area contributed by atoms with Gasteiger partial charge in [-0.15, -0.1) is 11.3 Å². The van der Waals surface area contributed by atoms with Crippen LogP contribution in [0.4, 0.5) is 0 Å². The third kappa shape index (κ3) is 2.80. The van der Waals surface area contributed by atoms with E-state index in [1.54, 1.807) is 24.6 Å². The Balaban J connectivity index is 1.55. The van der Waals surface area contributed by atoms with E-state index < -0.39 is 0 Å². The average Bonchev–Trinajstić information content (AvgIpc) is 3.31. The first kappa shape index (κ1) is 16.1. The zero-order chi connectivity index (χ0) is 17.4. The fourth-order valence-corrected chi connectivity index (χ4v) is 4.37. The number of methoxy groups -OCH3 is 1. The van der Waals surface area contributed by atoms with Gasteiger partial charge in [-0.3, -0.25) is 4.79 Å². The molecule has 0 saturated carbocycles. The molecule has 0 atom stereocenters. The number of rotatable bonds is 3. The molecular weight excluding hydrogens is 334 g/mol. The van der Waals surface area contributed by atoms with Crippen molar-refractivity contribution < 1.29 is 9.53 Å². The lowest BCUT2D eigenvalue weighted by Gasteiger charge is -2.38. The Morgan fingerprint density at radius 1 is 1.36 bits per heavy atom. The zero-order valence-corrected chi connectivity index (χ0v) is 15.2. The van der Waals surface area contributed by atoms with Gasteiger partial charge >= 0.3 is 0 Å². The number of fused-ring (bicyclic) bond motifs is 1. The Hall–Kier alpha value is -2.34. The molecule has 130 valence electrons. The summed E-state index contributed by atoms with van der Waals surface area (Å²) in [4.78, 5) is 22.7. The second kappa shape index (κ2) is 6.19. The lowest BCUT2D eigenvalue weighted by atomic mass is 9.81. The van der Waals surface area contributed by atoms with Gasteiger partial charge in [0.15, 0.2) is 0 Å². The van der Waals surface area contributed by atoms with E-state index in [0.29, 0.717) is 5.56 Å². The van der Waals surface area contributed by atoms with E-state index in [-0.39, 0.29) is 11.3 Å². The summed E-state index contributed by atoms with van der Waals surface area (Å²) in [7, 11) is 1.64. The molecule has 1 aromatic carbocycles. The fraction of sp³-hybridized carbons (Fsp3) is 0.368. The fourth-order valence-electron chi connectivity index (χ4n) is 3.51. The van der Waals surface area contributed by atoms with E-state index in [9.17, 15) is 4.79 Å². The molecule has 25 heavy (non-hydrogen) atoms. The van der Waals surface area contributed by atoms with Crippen LogP contribution in [0.5, 0.6) is 5.75 Å². The van der Waals surface area contributed by atoms with Crippen molar-refractivity contribution >= 4 is 28.1 Å². The van der Waals surface area contributed by atoms with E-state index in [1.165, 1.54) is 5.01 Å². The molecule has 0 bridgehead atoms. The number of nitrogens with one attached hydrogen (secondary N) is 1. The summed E-state index contributed by atoms with van der Waals surface area (Å²) in [5.41, 5.74) is 1.74. The normalized spacial score (nSPS) is 17.0. The molecule has 1 aliphatic heterocycles. The molecule has 1 aliphatic rings.